The van der Waals surface area contributed by atoms with E-state index in [4.69, 9.17) is 4.74 Å². The molecule has 0 unspecified atom stereocenters. The van der Waals surface area contributed by atoms with Crippen LogP contribution in [0, 0.1) is 6.92 Å². The molecule has 1 amide bonds. The van der Waals surface area contributed by atoms with Gasteiger partial charge in [0.15, 0.2) is 6.61 Å². The predicted molar refractivity (Wildman–Crippen MR) is 94.8 cm³/mol. The number of hydrogen-bond acceptors (Lipinski definition) is 4. The van der Waals surface area contributed by atoms with Gasteiger partial charge in [-0.25, -0.2) is 13.1 Å². The van der Waals surface area contributed by atoms with Crippen molar-refractivity contribution in [3.63, 3.8) is 0 Å². The Hall–Kier alpha value is -2.55. The number of alkyl halides is 3. The maximum atomic E-state index is 12.5. The third-order valence-electron chi connectivity index (χ3n) is 3.47. The number of ether oxygens (including phenoxy) is 1. The van der Waals surface area contributed by atoms with Gasteiger partial charge < -0.3 is 4.74 Å². The van der Waals surface area contributed by atoms with E-state index in [1.165, 1.54) is 18.2 Å². The van der Waals surface area contributed by atoms with Crippen LogP contribution in [0.2, 0.25) is 0 Å². The van der Waals surface area contributed by atoms with E-state index in [0.29, 0.717) is 17.5 Å². The molecule has 0 fully saturated rings. The maximum absolute atomic E-state index is 12.5. The molecule has 27 heavy (non-hydrogen) atoms. The Kier molecular flexibility index (Phi) is 6.15. The number of nitrogens with one attached hydrogen (secondary N) is 1. The SMILES string of the molecule is [CH2]Cc1ccc(-c2ccc(C(=O)NS(C)(=O)=O)c(OCC(F)(F)F)c2)cc1. The van der Waals surface area contributed by atoms with Crippen LogP contribution in [0.5, 0.6) is 5.75 Å². The highest BCUT2D eigenvalue weighted by Gasteiger charge is 2.29. The zero-order valence-electron chi connectivity index (χ0n) is 14.3. The minimum Gasteiger partial charge on any atom is -0.483 e. The summed E-state index contributed by atoms with van der Waals surface area (Å²) < 4.78 is 66.5. The monoisotopic (exact) mass is 400 g/mol. The minimum absolute atomic E-state index is 0.317. The molecule has 2 aromatic carbocycles. The lowest BCUT2D eigenvalue weighted by molar-refractivity contribution is -0.153. The molecule has 0 heterocycles. The van der Waals surface area contributed by atoms with Crippen LogP contribution in [0.3, 0.4) is 0 Å². The van der Waals surface area contributed by atoms with Gasteiger partial charge in [0, 0.05) is 0 Å². The summed E-state index contributed by atoms with van der Waals surface area (Å²) >= 11 is 0. The molecule has 0 aliphatic heterocycles. The van der Waals surface area contributed by atoms with Gasteiger partial charge >= 0.3 is 6.18 Å². The molecule has 2 aromatic rings. The van der Waals surface area contributed by atoms with Crippen LogP contribution in [-0.2, 0) is 16.4 Å². The highest BCUT2D eigenvalue weighted by Crippen LogP contribution is 2.29. The zero-order chi connectivity index (χ0) is 20.2. The van der Waals surface area contributed by atoms with Gasteiger partial charge in [0.05, 0.1) is 11.8 Å². The number of amides is 1. The Bertz CT molecular complexity index is 923. The number of halogens is 3. The Morgan fingerprint density at radius 2 is 1.70 bits per heavy atom. The molecule has 0 atom stereocenters. The Balaban J connectivity index is 2.42. The van der Waals surface area contributed by atoms with Crippen LogP contribution < -0.4 is 9.46 Å². The van der Waals surface area contributed by atoms with E-state index in [1.54, 1.807) is 16.9 Å². The first-order chi connectivity index (χ1) is 12.5. The van der Waals surface area contributed by atoms with E-state index >= 15 is 0 Å². The summed E-state index contributed by atoms with van der Waals surface area (Å²) in [4.78, 5) is 12.1. The fourth-order valence-electron chi connectivity index (χ4n) is 2.26. The first-order valence-electron chi connectivity index (χ1n) is 7.73. The summed E-state index contributed by atoms with van der Waals surface area (Å²) in [5, 5.41) is 0. The summed E-state index contributed by atoms with van der Waals surface area (Å²) in [5.41, 5.74) is 1.87. The van der Waals surface area contributed by atoms with Crippen molar-refractivity contribution in [2.24, 2.45) is 0 Å². The van der Waals surface area contributed by atoms with Gasteiger partial charge in [-0.3, -0.25) is 4.79 Å². The zero-order valence-corrected chi connectivity index (χ0v) is 15.2. The van der Waals surface area contributed by atoms with Crippen LogP contribution in [0.25, 0.3) is 11.1 Å². The number of rotatable bonds is 6. The van der Waals surface area contributed by atoms with Crippen molar-refractivity contribution in [2.75, 3.05) is 12.9 Å². The second-order valence-electron chi connectivity index (χ2n) is 5.77. The van der Waals surface area contributed by atoms with Crippen molar-refractivity contribution >= 4 is 15.9 Å². The molecular weight excluding hydrogens is 383 g/mol. The summed E-state index contributed by atoms with van der Waals surface area (Å²) in [6.45, 7) is 2.14. The molecule has 2 rings (SSSR count). The highest BCUT2D eigenvalue weighted by molar-refractivity contribution is 7.89. The lowest BCUT2D eigenvalue weighted by Gasteiger charge is -2.14. The first kappa shape index (κ1) is 20.8. The van der Waals surface area contributed by atoms with Crippen molar-refractivity contribution < 1.29 is 31.1 Å². The highest BCUT2D eigenvalue weighted by atomic mass is 32.2. The summed E-state index contributed by atoms with van der Waals surface area (Å²) in [6, 6.07) is 11.2. The summed E-state index contributed by atoms with van der Waals surface area (Å²) in [6.07, 6.45) is -3.26. The first-order valence-corrected chi connectivity index (χ1v) is 9.62. The van der Waals surface area contributed by atoms with Gasteiger partial charge in [0.1, 0.15) is 5.75 Å². The number of carbonyl (C=O) groups is 1. The molecular formula is C18H17F3NO4S. The van der Waals surface area contributed by atoms with Gasteiger partial charge in [-0.1, -0.05) is 30.3 Å². The Labute approximate surface area is 155 Å². The van der Waals surface area contributed by atoms with E-state index in [0.717, 1.165) is 11.8 Å². The molecule has 5 nitrogen and oxygen atoms in total. The molecule has 9 heteroatoms. The molecule has 1 N–H and O–H groups in total. The second kappa shape index (κ2) is 7.99. The van der Waals surface area contributed by atoms with Crippen LogP contribution >= 0.6 is 0 Å². The van der Waals surface area contributed by atoms with E-state index < -0.39 is 28.7 Å². The fourth-order valence-corrected chi connectivity index (χ4v) is 2.70. The van der Waals surface area contributed by atoms with Crippen LogP contribution in [0.1, 0.15) is 15.9 Å². The Morgan fingerprint density at radius 1 is 1.11 bits per heavy atom. The fraction of sp³-hybridized carbons (Fsp3) is 0.222. The molecule has 145 valence electrons. The second-order valence-corrected chi connectivity index (χ2v) is 7.51. The van der Waals surface area contributed by atoms with Gasteiger partial charge in [0.25, 0.3) is 5.91 Å². The molecule has 0 aliphatic carbocycles. The summed E-state index contributed by atoms with van der Waals surface area (Å²) in [7, 11) is -3.88. The van der Waals surface area contributed by atoms with Crippen LogP contribution in [-0.4, -0.2) is 33.4 Å². The van der Waals surface area contributed by atoms with Gasteiger partial charge in [-0.2, -0.15) is 13.2 Å². The number of sulfonamides is 1. The number of carbonyl (C=O) groups excluding carboxylic acids is 1. The molecule has 0 saturated heterocycles. The number of benzene rings is 2. The molecule has 0 saturated carbocycles. The topological polar surface area (TPSA) is 72.5 Å². The molecule has 0 spiro atoms. The smallest absolute Gasteiger partial charge is 0.422 e. The van der Waals surface area contributed by atoms with E-state index in [9.17, 15) is 26.4 Å². The quantitative estimate of drug-likeness (QED) is 0.807. The predicted octanol–water partition coefficient (Wildman–Crippen LogP) is 3.36. The van der Waals surface area contributed by atoms with Crippen LogP contribution in [0.15, 0.2) is 42.5 Å². The lowest BCUT2D eigenvalue weighted by Crippen LogP contribution is -2.30. The average molecular weight is 400 g/mol. The van der Waals surface area contributed by atoms with Gasteiger partial charge in [-0.15, -0.1) is 0 Å². The third-order valence-corrected chi connectivity index (χ3v) is 4.03. The summed E-state index contributed by atoms with van der Waals surface area (Å²) in [5.74, 6) is -1.44. The van der Waals surface area contributed by atoms with Crippen molar-refractivity contribution in [2.45, 2.75) is 12.6 Å². The molecule has 0 aliphatic rings. The van der Waals surface area contributed by atoms with E-state index in [-0.39, 0.29) is 11.3 Å². The van der Waals surface area contributed by atoms with Crippen molar-refractivity contribution in [3.05, 3.63) is 60.5 Å². The van der Waals surface area contributed by atoms with Crippen molar-refractivity contribution in [1.29, 1.82) is 0 Å². The standard InChI is InChI=1S/C18H17F3NO4S/c1-3-12-4-6-13(7-5-12)14-8-9-15(17(23)22-27(2,24)25)16(10-14)26-11-18(19,20)21/h4-10H,1,3,11H2,2H3,(H,22,23). The minimum atomic E-state index is -4.61. The average Bonchev–Trinajstić information content (AvgIpc) is 2.57. The van der Waals surface area contributed by atoms with Crippen molar-refractivity contribution in [3.8, 4) is 16.9 Å². The molecule has 0 bridgehead atoms. The number of hydrogen-bond donors (Lipinski definition) is 1. The molecule has 1 radical (unpaired) electrons. The van der Waals surface area contributed by atoms with Crippen LogP contribution in [0.4, 0.5) is 13.2 Å². The van der Waals surface area contributed by atoms with E-state index in [2.05, 4.69) is 6.92 Å². The lowest BCUT2D eigenvalue weighted by atomic mass is 10.0. The maximum Gasteiger partial charge on any atom is 0.422 e. The third kappa shape index (κ3) is 6.28. The Morgan fingerprint density at radius 3 is 2.22 bits per heavy atom. The van der Waals surface area contributed by atoms with Gasteiger partial charge in [-0.05, 0) is 42.2 Å². The van der Waals surface area contributed by atoms with Crippen molar-refractivity contribution in [1.82, 2.24) is 4.72 Å². The largest absolute Gasteiger partial charge is 0.483 e. The normalized spacial score (nSPS) is 11.9. The van der Waals surface area contributed by atoms with E-state index in [1.807, 2.05) is 12.1 Å². The van der Waals surface area contributed by atoms with Gasteiger partial charge in [0.2, 0.25) is 10.0 Å². The molecule has 0 aromatic heterocycles.